The number of carbonyl (C=O) groups excluding carboxylic acids is 2. The first kappa shape index (κ1) is 25.5. The minimum atomic E-state index is -0.848. The lowest BCUT2D eigenvalue weighted by atomic mass is 9.94. The quantitative estimate of drug-likeness (QED) is 0.420. The number of allylic oxidation sites excluding steroid dienone is 1. The van der Waals surface area contributed by atoms with Gasteiger partial charge in [0.2, 0.25) is 12.7 Å². The smallest absolute Gasteiger partial charge is 0.338 e. The first-order valence-electron chi connectivity index (χ1n) is 12.0. The zero-order valence-electron chi connectivity index (χ0n) is 20.8. The van der Waals surface area contributed by atoms with Crippen LogP contribution in [0, 0.1) is 17.1 Å². The summed E-state index contributed by atoms with van der Waals surface area (Å²) < 4.78 is 35.2. The molecule has 2 aromatic carbocycles. The van der Waals surface area contributed by atoms with E-state index in [2.05, 4.69) is 15.6 Å². The maximum atomic E-state index is 13.7. The van der Waals surface area contributed by atoms with Crippen molar-refractivity contribution in [2.45, 2.75) is 25.5 Å². The fraction of sp³-hybridized carbons (Fsp3) is 0.214. The number of nitrogens with one attached hydrogen (secondary N) is 2. The van der Waals surface area contributed by atoms with Crippen molar-refractivity contribution in [1.82, 2.24) is 15.6 Å². The third kappa shape index (κ3) is 5.60. The number of pyridine rings is 1. The number of carbonyl (C=O) groups is 2. The molecule has 2 aliphatic heterocycles. The van der Waals surface area contributed by atoms with E-state index in [1.807, 2.05) is 18.2 Å². The normalized spacial score (nSPS) is 15.7. The van der Waals surface area contributed by atoms with Crippen LogP contribution in [0.5, 0.6) is 17.4 Å². The van der Waals surface area contributed by atoms with E-state index in [9.17, 15) is 14.0 Å². The van der Waals surface area contributed by atoms with Crippen LogP contribution >= 0.6 is 0 Å². The van der Waals surface area contributed by atoms with Gasteiger partial charge in [-0.15, -0.1) is 0 Å². The van der Waals surface area contributed by atoms with Gasteiger partial charge in [0.15, 0.2) is 11.5 Å². The molecule has 0 spiro atoms. The highest BCUT2D eigenvalue weighted by atomic mass is 19.1. The Hall–Kier alpha value is -5.11. The zero-order valence-corrected chi connectivity index (χ0v) is 20.8. The van der Waals surface area contributed by atoms with Crippen LogP contribution in [0.15, 0.2) is 66.0 Å². The fourth-order valence-electron chi connectivity index (χ4n) is 4.33. The first-order chi connectivity index (χ1) is 18.9. The van der Waals surface area contributed by atoms with E-state index in [1.54, 1.807) is 18.2 Å². The second-order valence-electron chi connectivity index (χ2n) is 8.75. The van der Waals surface area contributed by atoms with Gasteiger partial charge in [0.25, 0.3) is 0 Å². The lowest BCUT2D eigenvalue weighted by molar-refractivity contribution is -0.140. The Morgan fingerprint density at radius 3 is 2.72 bits per heavy atom. The van der Waals surface area contributed by atoms with Crippen LogP contribution in [-0.4, -0.2) is 30.9 Å². The van der Waals surface area contributed by atoms with Gasteiger partial charge < -0.3 is 29.6 Å². The Labute approximate surface area is 223 Å². The van der Waals surface area contributed by atoms with Gasteiger partial charge in [-0.2, -0.15) is 5.26 Å². The molecule has 10 nitrogen and oxygen atoms in total. The largest absolute Gasteiger partial charge is 0.481 e. The van der Waals surface area contributed by atoms with Crippen LogP contribution in [0.4, 0.5) is 9.18 Å². The van der Waals surface area contributed by atoms with E-state index in [0.29, 0.717) is 47.0 Å². The minimum Gasteiger partial charge on any atom is -0.481 e. The molecule has 3 heterocycles. The average Bonchev–Trinajstić information content (AvgIpc) is 3.43. The molecule has 0 aliphatic carbocycles. The number of ether oxygens (including phenoxy) is 4. The van der Waals surface area contributed by atoms with Crippen LogP contribution in [-0.2, 0) is 22.6 Å². The highest BCUT2D eigenvalue weighted by Gasteiger charge is 2.34. The SMILES string of the molecule is COc1ccc(C2NC(=O)NC(CCc3ccc4c(c3)OCO4)=C2C(=O)OCc2ccc(F)c(C#N)c2)cn1. The molecule has 1 atom stereocenters. The molecule has 1 unspecified atom stereocenters. The fourth-order valence-corrected chi connectivity index (χ4v) is 4.33. The summed E-state index contributed by atoms with van der Waals surface area (Å²) in [7, 11) is 1.48. The van der Waals surface area contributed by atoms with E-state index in [0.717, 1.165) is 11.6 Å². The number of fused-ring (bicyclic) bond motifs is 1. The molecular weight excluding hydrogens is 507 g/mol. The Balaban J connectivity index is 1.44. The number of methoxy groups -OCH3 is 1. The summed E-state index contributed by atoms with van der Waals surface area (Å²) >= 11 is 0. The molecule has 1 aromatic heterocycles. The Morgan fingerprint density at radius 2 is 1.95 bits per heavy atom. The lowest BCUT2D eigenvalue weighted by Crippen LogP contribution is -2.46. The van der Waals surface area contributed by atoms with Crippen molar-refractivity contribution in [2.24, 2.45) is 0 Å². The van der Waals surface area contributed by atoms with Crippen molar-refractivity contribution in [3.63, 3.8) is 0 Å². The van der Waals surface area contributed by atoms with Gasteiger partial charge in [0.1, 0.15) is 18.5 Å². The summed E-state index contributed by atoms with van der Waals surface area (Å²) in [6.07, 6.45) is 2.31. The van der Waals surface area contributed by atoms with Crippen LogP contribution in [0.25, 0.3) is 0 Å². The van der Waals surface area contributed by atoms with Gasteiger partial charge >= 0.3 is 12.0 Å². The Bertz CT molecular complexity index is 1500. The highest BCUT2D eigenvalue weighted by Crippen LogP contribution is 2.34. The number of aryl methyl sites for hydroxylation is 1. The second-order valence-corrected chi connectivity index (χ2v) is 8.75. The molecule has 2 N–H and O–H groups in total. The molecule has 39 heavy (non-hydrogen) atoms. The Morgan fingerprint density at radius 1 is 1.13 bits per heavy atom. The van der Waals surface area contributed by atoms with Crippen molar-refractivity contribution < 1.29 is 32.9 Å². The number of nitrogens with zero attached hydrogens (tertiary/aromatic N) is 2. The maximum Gasteiger partial charge on any atom is 0.338 e. The van der Waals surface area contributed by atoms with E-state index >= 15 is 0 Å². The standard InChI is InChI=1S/C28H23FN4O6/c1-36-24-9-5-18(13-31-24)26-25(27(34)37-14-17-2-6-20(29)19(10-17)12-30)21(32-28(35)33-26)7-3-16-4-8-22-23(11-16)39-15-38-22/h2,4-6,8-11,13,26H,3,7,14-15H2,1H3,(H2,32,33,35). The Kier molecular flexibility index (Phi) is 7.27. The van der Waals surface area contributed by atoms with Crippen molar-refractivity contribution in [1.29, 1.82) is 5.26 Å². The van der Waals surface area contributed by atoms with Crippen LogP contribution in [0.2, 0.25) is 0 Å². The number of esters is 1. The third-order valence-corrected chi connectivity index (χ3v) is 6.30. The molecule has 5 rings (SSSR count). The van der Waals surface area contributed by atoms with E-state index in [4.69, 9.17) is 24.2 Å². The van der Waals surface area contributed by atoms with Crippen molar-refractivity contribution in [3.8, 4) is 23.4 Å². The summed E-state index contributed by atoms with van der Waals surface area (Å²) in [6.45, 7) is -0.0442. The van der Waals surface area contributed by atoms with Gasteiger partial charge in [-0.1, -0.05) is 12.1 Å². The van der Waals surface area contributed by atoms with E-state index in [-0.39, 0.29) is 24.5 Å². The molecule has 11 heteroatoms. The lowest BCUT2D eigenvalue weighted by Gasteiger charge is -2.29. The average molecular weight is 531 g/mol. The number of benzene rings is 2. The molecule has 198 valence electrons. The molecule has 3 aromatic rings. The number of nitriles is 1. The number of hydrogen-bond donors (Lipinski definition) is 2. The summed E-state index contributed by atoms with van der Waals surface area (Å²) in [5.41, 5.74) is 2.35. The van der Waals surface area contributed by atoms with Crippen molar-refractivity contribution in [2.75, 3.05) is 13.9 Å². The van der Waals surface area contributed by atoms with Gasteiger partial charge in [-0.25, -0.2) is 19.0 Å². The molecule has 0 bridgehead atoms. The molecule has 0 fully saturated rings. The van der Waals surface area contributed by atoms with Crippen LogP contribution < -0.4 is 24.8 Å². The van der Waals surface area contributed by atoms with Crippen molar-refractivity contribution >= 4 is 12.0 Å². The predicted molar refractivity (Wildman–Crippen MR) is 134 cm³/mol. The van der Waals surface area contributed by atoms with Gasteiger partial charge in [-0.05, 0) is 59.9 Å². The van der Waals surface area contributed by atoms with Crippen LogP contribution in [0.1, 0.15) is 34.7 Å². The molecule has 2 amide bonds. The second kappa shape index (κ2) is 11.1. The summed E-state index contributed by atoms with van der Waals surface area (Å²) in [5, 5.41) is 14.6. The molecular formula is C28H23FN4O6. The minimum absolute atomic E-state index is 0.152. The molecule has 0 radical (unpaired) electrons. The molecule has 2 aliphatic rings. The molecule has 0 saturated heterocycles. The number of halogens is 1. The summed E-state index contributed by atoms with van der Waals surface area (Å²) in [5.74, 6) is 0.317. The number of aromatic nitrogens is 1. The number of rotatable bonds is 8. The summed E-state index contributed by atoms with van der Waals surface area (Å²) in [6, 6.07) is 13.2. The number of hydrogen-bond acceptors (Lipinski definition) is 8. The van der Waals surface area contributed by atoms with Gasteiger partial charge in [-0.3, -0.25) is 0 Å². The van der Waals surface area contributed by atoms with Gasteiger partial charge in [0.05, 0.1) is 24.3 Å². The predicted octanol–water partition coefficient (Wildman–Crippen LogP) is 3.81. The maximum absolute atomic E-state index is 13.7. The topological polar surface area (TPSA) is 132 Å². The third-order valence-electron chi connectivity index (χ3n) is 6.30. The highest BCUT2D eigenvalue weighted by molar-refractivity contribution is 5.95. The van der Waals surface area contributed by atoms with Gasteiger partial charge in [0, 0.05) is 18.0 Å². The zero-order chi connectivity index (χ0) is 27.4. The first-order valence-corrected chi connectivity index (χ1v) is 12.0. The molecule has 0 saturated carbocycles. The number of urea groups is 1. The summed E-state index contributed by atoms with van der Waals surface area (Å²) in [4.78, 5) is 30.3. The van der Waals surface area contributed by atoms with Crippen molar-refractivity contribution in [3.05, 3.63) is 94.1 Å². The van der Waals surface area contributed by atoms with Crippen LogP contribution in [0.3, 0.4) is 0 Å². The van der Waals surface area contributed by atoms with E-state index < -0.39 is 23.9 Å². The van der Waals surface area contributed by atoms with E-state index in [1.165, 1.54) is 25.4 Å². The number of amides is 2. The monoisotopic (exact) mass is 530 g/mol.